The molecule has 1 aromatic carbocycles. The van der Waals surface area contributed by atoms with E-state index < -0.39 is 0 Å². The molecule has 0 radical (unpaired) electrons. The van der Waals surface area contributed by atoms with Crippen molar-refractivity contribution >= 4 is 22.3 Å². The maximum Gasteiger partial charge on any atom is 0.0953 e. The lowest BCUT2D eigenvalue weighted by molar-refractivity contribution is 0.248. The van der Waals surface area contributed by atoms with E-state index in [0.29, 0.717) is 0 Å². The Morgan fingerprint density at radius 2 is 2.10 bits per heavy atom. The Morgan fingerprint density at radius 1 is 1.30 bits per heavy atom. The van der Waals surface area contributed by atoms with Crippen molar-refractivity contribution in [2.24, 2.45) is 5.41 Å². The summed E-state index contributed by atoms with van der Waals surface area (Å²) in [6.07, 6.45) is 3.59. The van der Waals surface area contributed by atoms with Gasteiger partial charge < -0.3 is 16.2 Å². The Morgan fingerprint density at radius 3 is 2.85 bits per heavy atom. The van der Waals surface area contributed by atoms with Gasteiger partial charge in [-0.1, -0.05) is 13.8 Å². The summed E-state index contributed by atoms with van der Waals surface area (Å²) in [7, 11) is 0. The van der Waals surface area contributed by atoms with Crippen LogP contribution >= 0.6 is 0 Å². The number of rotatable bonds is 6. The molecule has 4 N–H and O–H groups in total. The van der Waals surface area contributed by atoms with Crippen LogP contribution in [0.25, 0.3) is 10.9 Å². The van der Waals surface area contributed by atoms with E-state index in [9.17, 15) is 0 Å². The van der Waals surface area contributed by atoms with Crippen LogP contribution in [0.4, 0.5) is 11.4 Å². The topological polar surface area (TPSA) is 71.2 Å². The van der Waals surface area contributed by atoms with Crippen LogP contribution in [0.3, 0.4) is 0 Å². The Labute approximate surface area is 120 Å². The number of hydrogen-bond donors (Lipinski definition) is 3. The van der Waals surface area contributed by atoms with Crippen LogP contribution in [-0.4, -0.2) is 23.2 Å². The van der Waals surface area contributed by atoms with Crippen molar-refractivity contribution in [1.29, 1.82) is 0 Å². The van der Waals surface area contributed by atoms with E-state index in [1.807, 2.05) is 24.3 Å². The van der Waals surface area contributed by atoms with Crippen LogP contribution in [0.5, 0.6) is 0 Å². The number of fused-ring (bicyclic) bond motifs is 1. The van der Waals surface area contributed by atoms with Gasteiger partial charge in [-0.05, 0) is 42.5 Å². The standard InChI is InChI=1S/C16H23N3O/c1-16(2,8-4-10-20)11-19-14-7-6-13(17)12-5-3-9-18-15(12)14/h3,5-7,9,19-20H,4,8,10-11,17H2,1-2H3. The van der Waals surface area contributed by atoms with E-state index in [-0.39, 0.29) is 12.0 Å². The van der Waals surface area contributed by atoms with E-state index in [2.05, 4.69) is 24.1 Å². The zero-order valence-electron chi connectivity index (χ0n) is 12.2. The van der Waals surface area contributed by atoms with E-state index in [4.69, 9.17) is 10.8 Å². The minimum absolute atomic E-state index is 0.130. The molecule has 2 aromatic rings. The molecule has 0 aliphatic carbocycles. The molecule has 0 bridgehead atoms. The lowest BCUT2D eigenvalue weighted by Gasteiger charge is -2.25. The van der Waals surface area contributed by atoms with Crippen molar-refractivity contribution in [3.05, 3.63) is 30.5 Å². The van der Waals surface area contributed by atoms with Crippen molar-refractivity contribution in [3.63, 3.8) is 0 Å². The quantitative estimate of drug-likeness (QED) is 0.707. The highest BCUT2D eigenvalue weighted by Crippen LogP contribution is 2.28. The second-order valence-electron chi connectivity index (χ2n) is 5.95. The molecule has 0 spiro atoms. The molecular formula is C16H23N3O. The van der Waals surface area contributed by atoms with Gasteiger partial charge in [-0.15, -0.1) is 0 Å². The predicted molar refractivity (Wildman–Crippen MR) is 84.7 cm³/mol. The molecule has 4 heteroatoms. The van der Waals surface area contributed by atoms with Crippen LogP contribution in [0.15, 0.2) is 30.5 Å². The van der Waals surface area contributed by atoms with Gasteiger partial charge in [-0.25, -0.2) is 0 Å². The first-order valence-electron chi connectivity index (χ1n) is 7.01. The van der Waals surface area contributed by atoms with E-state index >= 15 is 0 Å². The molecule has 1 heterocycles. The molecule has 2 rings (SSSR count). The average molecular weight is 273 g/mol. The van der Waals surface area contributed by atoms with Gasteiger partial charge in [0, 0.05) is 30.4 Å². The molecule has 0 aliphatic heterocycles. The van der Waals surface area contributed by atoms with Gasteiger partial charge in [-0.2, -0.15) is 0 Å². The number of aromatic nitrogens is 1. The van der Waals surface area contributed by atoms with Gasteiger partial charge in [0.2, 0.25) is 0 Å². The van der Waals surface area contributed by atoms with Gasteiger partial charge >= 0.3 is 0 Å². The minimum Gasteiger partial charge on any atom is -0.398 e. The Kier molecular flexibility index (Phi) is 4.45. The highest BCUT2D eigenvalue weighted by molar-refractivity contribution is 5.98. The van der Waals surface area contributed by atoms with Crippen LogP contribution in [0.1, 0.15) is 26.7 Å². The van der Waals surface area contributed by atoms with E-state index in [0.717, 1.165) is 41.7 Å². The van der Waals surface area contributed by atoms with Crippen LogP contribution < -0.4 is 11.1 Å². The summed E-state index contributed by atoms with van der Waals surface area (Å²) in [6.45, 7) is 5.48. The van der Waals surface area contributed by atoms with E-state index in [1.54, 1.807) is 6.20 Å². The number of nitrogens with one attached hydrogen (secondary N) is 1. The van der Waals surface area contributed by atoms with Crippen LogP contribution in [0.2, 0.25) is 0 Å². The molecular weight excluding hydrogens is 250 g/mol. The molecule has 0 fully saturated rings. The number of nitrogens with zero attached hydrogens (tertiary/aromatic N) is 1. The highest BCUT2D eigenvalue weighted by Gasteiger charge is 2.17. The first-order chi connectivity index (χ1) is 9.53. The average Bonchev–Trinajstić information content (AvgIpc) is 2.45. The van der Waals surface area contributed by atoms with Gasteiger partial charge in [-0.3, -0.25) is 4.98 Å². The fourth-order valence-electron chi connectivity index (χ4n) is 2.32. The number of benzene rings is 1. The van der Waals surface area contributed by atoms with Crippen molar-refractivity contribution in [2.45, 2.75) is 26.7 Å². The van der Waals surface area contributed by atoms with Crippen LogP contribution in [-0.2, 0) is 0 Å². The molecule has 0 atom stereocenters. The third-order valence-electron chi connectivity index (χ3n) is 3.57. The van der Waals surface area contributed by atoms with Gasteiger partial charge in [0.1, 0.15) is 0 Å². The lowest BCUT2D eigenvalue weighted by atomic mass is 9.88. The maximum atomic E-state index is 8.94. The number of aliphatic hydroxyl groups is 1. The summed E-state index contributed by atoms with van der Waals surface area (Å²) in [5.74, 6) is 0. The van der Waals surface area contributed by atoms with Crippen molar-refractivity contribution < 1.29 is 5.11 Å². The molecule has 0 saturated heterocycles. The summed E-state index contributed by atoms with van der Waals surface area (Å²) < 4.78 is 0. The molecule has 0 saturated carbocycles. The third-order valence-corrected chi connectivity index (χ3v) is 3.57. The number of pyridine rings is 1. The largest absolute Gasteiger partial charge is 0.398 e. The second kappa shape index (κ2) is 6.09. The number of hydrogen-bond acceptors (Lipinski definition) is 4. The SMILES string of the molecule is CC(C)(CCCO)CNc1ccc(N)c2cccnc12. The monoisotopic (exact) mass is 273 g/mol. The van der Waals surface area contributed by atoms with Gasteiger partial charge in [0.05, 0.1) is 11.2 Å². The zero-order chi connectivity index (χ0) is 14.6. The molecule has 0 unspecified atom stereocenters. The van der Waals surface area contributed by atoms with Crippen molar-refractivity contribution in [3.8, 4) is 0 Å². The molecule has 0 aliphatic rings. The van der Waals surface area contributed by atoms with Crippen molar-refractivity contribution in [1.82, 2.24) is 4.98 Å². The Hall–Kier alpha value is -1.81. The summed E-state index contributed by atoms with van der Waals surface area (Å²) in [5, 5.41) is 13.4. The summed E-state index contributed by atoms with van der Waals surface area (Å²) in [5.41, 5.74) is 8.77. The molecule has 108 valence electrons. The summed E-state index contributed by atoms with van der Waals surface area (Å²) >= 11 is 0. The fourth-order valence-corrected chi connectivity index (χ4v) is 2.32. The van der Waals surface area contributed by atoms with Crippen molar-refractivity contribution in [2.75, 3.05) is 24.2 Å². The first kappa shape index (κ1) is 14.6. The molecule has 0 amide bonds. The third kappa shape index (κ3) is 3.39. The highest BCUT2D eigenvalue weighted by atomic mass is 16.2. The normalized spacial score (nSPS) is 11.8. The van der Waals surface area contributed by atoms with E-state index in [1.165, 1.54) is 0 Å². The number of aliphatic hydroxyl groups excluding tert-OH is 1. The second-order valence-corrected chi connectivity index (χ2v) is 5.95. The first-order valence-corrected chi connectivity index (χ1v) is 7.01. The summed E-state index contributed by atoms with van der Waals surface area (Å²) in [6, 6.07) is 7.77. The molecule has 1 aromatic heterocycles. The summed E-state index contributed by atoms with van der Waals surface area (Å²) in [4.78, 5) is 4.42. The zero-order valence-corrected chi connectivity index (χ0v) is 12.2. The number of nitrogen functional groups attached to an aromatic ring is 1. The molecule has 20 heavy (non-hydrogen) atoms. The molecule has 4 nitrogen and oxygen atoms in total. The predicted octanol–water partition coefficient (Wildman–Crippen LogP) is 3.03. The number of anilines is 2. The maximum absolute atomic E-state index is 8.94. The van der Waals surface area contributed by atoms with Gasteiger partial charge in [0.25, 0.3) is 0 Å². The minimum atomic E-state index is 0.130. The Balaban J connectivity index is 2.16. The number of nitrogens with two attached hydrogens (primary N) is 1. The fraction of sp³-hybridized carbons (Fsp3) is 0.438. The smallest absolute Gasteiger partial charge is 0.0953 e. The lowest BCUT2D eigenvalue weighted by Crippen LogP contribution is -2.23. The van der Waals surface area contributed by atoms with Crippen LogP contribution in [0, 0.1) is 5.41 Å². The van der Waals surface area contributed by atoms with Gasteiger partial charge in [0.15, 0.2) is 0 Å². The Bertz CT molecular complexity index is 581.